The van der Waals surface area contributed by atoms with Gasteiger partial charge in [-0.15, -0.1) is 0 Å². The molecule has 14 heavy (non-hydrogen) atoms. The van der Waals surface area contributed by atoms with Gasteiger partial charge in [-0.2, -0.15) is 0 Å². The Bertz CT molecular complexity index is 592. The van der Waals surface area contributed by atoms with Crippen LogP contribution in [0.3, 0.4) is 0 Å². The second-order valence-electron chi connectivity index (χ2n) is 3.35. The zero-order valence-corrected chi connectivity index (χ0v) is 9.48. The van der Waals surface area contributed by atoms with Gasteiger partial charge in [-0.05, 0) is 19.1 Å². The Balaban J connectivity index is 3.07. The molecule has 0 aliphatic heterocycles. The van der Waals surface area contributed by atoms with Crippen LogP contribution in [0.1, 0.15) is 6.92 Å². The Morgan fingerprint density at radius 2 is 2.21 bits per heavy atom. The van der Waals surface area contributed by atoms with Crippen LogP contribution in [0.4, 0.5) is 0 Å². The fourth-order valence-electron chi connectivity index (χ4n) is 1.68. The van der Waals surface area contributed by atoms with Crippen molar-refractivity contribution >= 4 is 39.1 Å². The van der Waals surface area contributed by atoms with Crippen LogP contribution in [0.25, 0.3) is 23.2 Å². The molecule has 0 radical (unpaired) electrons. The Kier molecular flexibility index (Phi) is 2.11. The summed E-state index contributed by atoms with van der Waals surface area (Å²) in [5.74, 6) is 0. The lowest BCUT2D eigenvalue weighted by Crippen LogP contribution is -2.25. The maximum Gasteiger partial charge on any atom is 0.0476 e. The molecule has 0 unspecified atom stereocenters. The van der Waals surface area contributed by atoms with Crippen molar-refractivity contribution in [3.05, 3.63) is 33.2 Å². The van der Waals surface area contributed by atoms with Crippen molar-refractivity contribution < 1.29 is 0 Å². The molecule has 0 saturated carbocycles. The normalized spacial score (nSPS) is 13.3. The van der Waals surface area contributed by atoms with Crippen LogP contribution < -0.4 is 16.3 Å². The first kappa shape index (κ1) is 9.34. The van der Waals surface area contributed by atoms with E-state index in [1.54, 1.807) is 0 Å². The minimum Gasteiger partial charge on any atom is -0.402 e. The molecule has 0 aliphatic rings. The lowest BCUT2D eigenvalue weighted by atomic mass is 10.2. The SMILES string of the molecule is C=c1[nH]c2cc(Br)ccc2/c1=C(\C)N. The van der Waals surface area contributed by atoms with Gasteiger partial charge in [0.1, 0.15) is 0 Å². The quantitative estimate of drug-likeness (QED) is 0.730. The number of nitrogens with two attached hydrogens (primary N) is 1. The number of hydrogen-bond acceptors (Lipinski definition) is 1. The van der Waals surface area contributed by atoms with Gasteiger partial charge in [0.05, 0.1) is 0 Å². The van der Waals surface area contributed by atoms with Gasteiger partial charge in [0.15, 0.2) is 0 Å². The molecule has 2 rings (SSSR count). The standard InChI is InChI=1S/C11H11BrN2/c1-6(13)11-7(2)14-10-5-8(12)3-4-9(10)11/h3-5,14H,2,13H2,1H3/b11-6+. The van der Waals surface area contributed by atoms with E-state index in [4.69, 9.17) is 5.73 Å². The van der Waals surface area contributed by atoms with E-state index in [2.05, 4.69) is 27.5 Å². The summed E-state index contributed by atoms with van der Waals surface area (Å²) in [6.07, 6.45) is 0. The molecule has 0 aliphatic carbocycles. The molecule has 0 fully saturated rings. The topological polar surface area (TPSA) is 41.8 Å². The summed E-state index contributed by atoms with van der Waals surface area (Å²) < 4.78 is 1.05. The number of aromatic amines is 1. The number of nitrogens with one attached hydrogen (secondary N) is 1. The average Bonchev–Trinajstić information content (AvgIpc) is 2.39. The third-order valence-corrected chi connectivity index (χ3v) is 2.73. The summed E-state index contributed by atoms with van der Waals surface area (Å²) in [4.78, 5) is 3.21. The highest BCUT2D eigenvalue weighted by Gasteiger charge is 2.00. The monoisotopic (exact) mass is 250 g/mol. The minimum atomic E-state index is 0.795. The van der Waals surface area contributed by atoms with E-state index in [1.165, 1.54) is 0 Å². The van der Waals surface area contributed by atoms with Crippen molar-refractivity contribution in [3.8, 4) is 0 Å². The molecule has 72 valence electrons. The van der Waals surface area contributed by atoms with E-state index in [0.717, 1.165) is 31.6 Å². The molecule has 3 N–H and O–H groups in total. The summed E-state index contributed by atoms with van der Waals surface area (Å²) in [5, 5.41) is 3.02. The lowest BCUT2D eigenvalue weighted by Gasteiger charge is -1.92. The van der Waals surface area contributed by atoms with Crippen molar-refractivity contribution in [2.75, 3.05) is 0 Å². The summed E-state index contributed by atoms with van der Waals surface area (Å²) in [6.45, 7) is 5.83. The largest absolute Gasteiger partial charge is 0.402 e. The van der Waals surface area contributed by atoms with Gasteiger partial charge in [-0.3, -0.25) is 0 Å². The van der Waals surface area contributed by atoms with E-state index < -0.39 is 0 Å². The third-order valence-electron chi connectivity index (χ3n) is 2.23. The Hall–Kier alpha value is -1.22. The van der Waals surface area contributed by atoms with Gasteiger partial charge in [-0.25, -0.2) is 0 Å². The van der Waals surface area contributed by atoms with Crippen molar-refractivity contribution in [2.24, 2.45) is 5.73 Å². The van der Waals surface area contributed by atoms with Crippen LogP contribution in [-0.2, 0) is 0 Å². The smallest absolute Gasteiger partial charge is 0.0476 e. The molecule has 1 aromatic heterocycles. The molecule has 0 atom stereocenters. The van der Waals surface area contributed by atoms with E-state index in [9.17, 15) is 0 Å². The van der Waals surface area contributed by atoms with Crippen molar-refractivity contribution in [3.63, 3.8) is 0 Å². The summed E-state index contributed by atoms with van der Waals surface area (Å²) in [5.41, 5.74) is 7.66. The summed E-state index contributed by atoms with van der Waals surface area (Å²) in [6, 6.07) is 6.06. The predicted molar refractivity (Wildman–Crippen MR) is 64.0 cm³/mol. The maximum absolute atomic E-state index is 5.81. The molecule has 0 spiro atoms. The molecule has 0 bridgehead atoms. The van der Waals surface area contributed by atoms with Crippen LogP contribution >= 0.6 is 15.9 Å². The first-order valence-electron chi connectivity index (χ1n) is 4.32. The Labute approximate surface area is 90.2 Å². The highest BCUT2D eigenvalue weighted by Crippen LogP contribution is 2.14. The number of rotatable bonds is 0. The van der Waals surface area contributed by atoms with Crippen LogP contribution in [0.2, 0.25) is 0 Å². The minimum absolute atomic E-state index is 0.795. The molecule has 2 aromatic rings. The van der Waals surface area contributed by atoms with Crippen LogP contribution in [0.15, 0.2) is 22.7 Å². The fourth-order valence-corrected chi connectivity index (χ4v) is 2.04. The van der Waals surface area contributed by atoms with Gasteiger partial charge in [0.2, 0.25) is 0 Å². The molecular weight excluding hydrogens is 240 g/mol. The first-order chi connectivity index (χ1) is 6.59. The predicted octanol–water partition coefficient (Wildman–Crippen LogP) is 1.43. The summed E-state index contributed by atoms with van der Waals surface area (Å²) in [7, 11) is 0. The lowest BCUT2D eigenvalue weighted by molar-refractivity contribution is 1.34. The van der Waals surface area contributed by atoms with Gasteiger partial charge in [-0.1, -0.05) is 28.6 Å². The second-order valence-corrected chi connectivity index (χ2v) is 4.27. The van der Waals surface area contributed by atoms with Crippen LogP contribution in [-0.4, -0.2) is 4.98 Å². The third kappa shape index (κ3) is 1.34. The van der Waals surface area contributed by atoms with Crippen molar-refractivity contribution in [1.82, 2.24) is 4.98 Å². The van der Waals surface area contributed by atoms with Gasteiger partial charge in [0, 0.05) is 31.6 Å². The zero-order chi connectivity index (χ0) is 10.3. The highest BCUT2D eigenvalue weighted by molar-refractivity contribution is 9.10. The zero-order valence-electron chi connectivity index (χ0n) is 7.89. The molecule has 0 saturated heterocycles. The molecule has 3 heteroatoms. The summed E-state index contributed by atoms with van der Waals surface area (Å²) >= 11 is 3.42. The first-order valence-corrected chi connectivity index (χ1v) is 5.11. The number of H-pyrrole nitrogens is 1. The molecule has 1 heterocycles. The molecular formula is C11H11BrN2. The highest BCUT2D eigenvalue weighted by atomic mass is 79.9. The Morgan fingerprint density at radius 3 is 2.86 bits per heavy atom. The van der Waals surface area contributed by atoms with Gasteiger partial charge < -0.3 is 10.7 Å². The molecule has 2 nitrogen and oxygen atoms in total. The van der Waals surface area contributed by atoms with E-state index in [-0.39, 0.29) is 0 Å². The second kappa shape index (κ2) is 3.17. The van der Waals surface area contributed by atoms with Gasteiger partial charge >= 0.3 is 0 Å². The molecule has 1 aromatic carbocycles. The van der Waals surface area contributed by atoms with Crippen molar-refractivity contribution in [2.45, 2.75) is 6.92 Å². The number of halogens is 1. The Morgan fingerprint density at radius 1 is 1.50 bits per heavy atom. The molecule has 0 amide bonds. The van der Waals surface area contributed by atoms with E-state index >= 15 is 0 Å². The number of fused-ring (bicyclic) bond motifs is 1. The number of benzene rings is 1. The van der Waals surface area contributed by atoms with E-state index in [0.29, 0.717) is 0 Å². The van der Waals surface area contributed by atoms with Gasteiger partial charge in [0.25, 0.3) is 0 Å². The maximum atomic E-state index is 5.81. The number of aromatic nitrogens is 1. The average molecular weight is 251 g/mol. The number of hydrogen-bond donors (Lipinski definition) is 2. The van der Waals surface area contributed by atoms with E-state index in [1.807, 2.05) is 25.1 Å². The van der Waals surface area contributed by atoms with Crippen LogP contribution in [0, 0.1) is 0 Å². The van der Waals surface area contributed by atoms with Crippen molar-refractivity contribution in [1.29, 1.82) is 0 Å². The fraction of sp³-hybridized carbons (Fsp3) is 0.0909. The van der Waals surface area contributed by atoms with Crippen LogP contribution in [0.5, 0.6) is 0 Å².